The minimum absolute atomic E-state index is 0.0921. The minimum Gasteiger partial charge on any atom is -0.345 e. The third kappa shape index (κ3) is 2.17. The molecule has 0 aliphatic heterocycles. The topological polar surface area (TPSA) is 59.3 Å². The first-order valence-corrected chi connectivity index (χ1v) is 4.79. The zero-order valence-corrected chi connectivity index (χ0v) is 8.77. The van der Waals surface area contributed by atoms with Crippen LogP contribution in [-0.4, -0.2) is 27.0 Å². The fraction of sp³-hybridized carbons (Fsp3) is 0.182. The Bertz CT molecular complexity index is 576. The molecule has 2 rings (SSSR count). The molecule has 16 heavy (non-hydrogen) atoms. The van der Waals surface area contributed by atoms with Crippen LogP contribution >= 0.6 is 0 Å². The summed E-state index contributed by atoms with van der Waals surface area (Å²) in [6, 6.07) is 3.67. The van der Waals surface area contributed by atoms with E-state index in [0.29, 0.717) is 12.2 Å². The van der Waals surface area contributed by atoms with Crippen molar-refractivity contribution in [2.75, 3.05) is 6.54 Å². The molecule has 2 aromatic heterocycles. The van der Waals surface area contributed by atoms with Crippen molar-refractivity contribution in [1.82, 2.24) is 19.9 Å². The summed E-state index contributed by atoms with van der Waals surface area (Å²) in [7, 11) is 0. The van der Waals surface area contributed by atoms with Crippen molar-refractivity contribution in [3.05, 3.63) is 30.2 Å². The summed E-state index contributed by atoms with van der Waals surface area (Å²) >= 11 is 0. The molecular weight excluding hydrogens is 204 g/mol. The third-order valence-corrected chi connectivity index (χ3v) is 1.92. The van der Waals surface area contributed by atoms with Crippen molar-refractivity contribution in [2.24, 2.45) is 0 Å². The molecule has 0 aliphatic rings. The highest BCUT2D eigenvalue weighted by Gasteiger charge is 1.98. The van der Waals surface area contributed by atoms with Gasteiger partial charge in [0.05, 0.1) is 12.7 Å². The van der Waals surface area contributed by atoms with Gasteiger partial charge in [0.25, 0.3) is 0 Å². The van der Waals surface area contributed by atoms with Crippen LogP contribution in [0.25, 0.3) is 5.65 Å². The molecule has 0 saturated heterocycles. The first kappa shape index (κ1) is 10.2. The number of nitrogens with one attached hydrogen (secondary N) is 1. The van der Waals surface area contributed by atoms with E-state index in [0.717, 1.165) is 5.65 Å². The standard InChI is InChI=1S/C11H10N4O/c1-9(16)12-6-2-4-10-8-13-11-5-3-7-14-15(10)11/h3,5,7-8H,6H2,1H3,(H,12,16). The second-order valence-corrected chi connectivity index (χ2v) is 3.15. The molecule has 1 amide bonds. The first-order valence-electron chi connectivity index (χ1n) is 4.79. The molecule has 0 aliphatic carbocycles. The van der Waals surface area contributed by atoms with Gasteiger partial charge in [-0.25, -0.2) is 9.50 Å². The lowest BCUT2D eigenvalue weighted by atomic mass is 10.4. The van der Waals surface area contributed by atoms with Gasteiger partial charge in [-0.05, 0) is 18.1 Å². The highest BCUT2D eigenvalue weighted by Crippen LogP contribution is 2.01. The van der Waals surface area contributed by atoms with Gasteiger partial charge in [-0.3, -0.25) is 4.79 Å². The summed E-state index contributed by atoms with van der Waals surface area (Å²) in [6.07, 6.45) is 3.33. The Morgan fingerprint density at radius 2 is 2.50 bits per heavy atom. The highest BCUT2D eigenvalue weighted by molar-refractivity contribution is 5.73. The first-order chi connectivity index (χ1) is 7.77. The smallest absolute Gasteiger partial charge is 0.217 e. The maximum atomic E-state index is 10.6. The van der Waals surface area contributed by atoms with Crippen molar-refractivity contribution >= 4 is 11.6 Å². The number of fused-ring (bicyclic) bond motifs is 1. The van der Waals surface area contributed by atoms with Crippen molar-refractivity contribution in [1.29, 1.82) is 0 Å². The van der Waals surface area contributed by atoms with E-state index in [4.69, 9.17) is 0 Å². The van der Waals surface area contributed by atoms with E-state index >= 15 is 0 Å². The SMILES string of the molecule is CC(=O)NCC#Cc1cnc2cccnn12. The Kier molecular flexibility index (Phi) is 2.83. The molecule has 0 bridgehead atoms. The Morgan fingerprint density at radius 1 is 1.62 bits per heavy atom. The van der Waals surface area contributed by atoms with Crippen LogP contribution in [0.2, 0.25) is 0 Å². The molecule has 5 heteroatoms. The van der Waals surface area contributed by atoms with Gasteiger partial charge < -0.3 is 5.32 Å². The van der Waals surface area contributed by atoms with Gasteiger partial charge in [-0.15, -0.1) is 0 Å². The number of amides is 1. The number of rotatable bonds is 1. The minimum atomic E-state index is -0.0921. The lowest BCUT2D eigenvalue weighted by Crippen LogP contribution is -2.19. The zero-order valence-electron chi connectivity index (χ0n) is 8.77. The second-order valence-electron chi connectivity index (χ2n) is 3.15. The normalized spacial score (nSPS) is 9.56. The second kappa shape index (κ2) is 4.45. The largest absolute Gasteiger partial charge is 0.345 e. The summed E-state index contributed by atoms with van der Waals surface area (Å²) in [5, 5.41) is 6.71. The number of hydrogen-bond donors (Lipinski definition) is 1. The number of imidazole rings is 1. The van der Waals surface area contributed by atoms with Crippen LogP contribution in [0.15, 0.2) is 24.5 Å². The monoisotopic (exact) mass is 214 g/mol. The Morgan fingerprint density at radius 3 is 3.31 bits per heavy atom. The van der Waals surface area contributed by atoms with Crippen LogP contribution in [0, 0.1) is 11.8 Å². The average Bonchev–Trinajstić information content (AvgIpc) is 2.68. The van der Waals surface area contributed by atoms with Gasteiger partial charge >= 0.3 is 0 Å². The van der Waals surface area contributed by atoms with Crippen molar-refractivity contribution in [3.8, 4) is 11.8 Å². The molecule has 0 fully saturated rings. The third-order valence-electron chi connectivity index (χ3n) is 1.92. The number of nitrogens with zero attached hydrogens (tertiary/aromatic N) is 3. The molecule has 80 valence electrons. The van der Waals surface area contributed by atoms with Crippen LogP contribution in [0.3, 0.4) is 0 Å². The lowest BCUT2D eigenvalue weighted by Gasteiger charge is -1.92. The predicted molar refractivity (Wildman–Crippen MR) is 58.5 cm³/mol. The number of carbonyl (C=O) groups excluding carboxylic acids is 1. The summed E-state index contributed by atoms with van der Waals surface area (Å²) < 4.78 is 1.65. The molecular formula is C11H10N4O. The van der Waals surface area contributed by atoms with Crippen molar-refractivity contribution in [2.45, 2.75) is 6.92 Å². The lowest BCUT2D eigenvalue weighted by molar-refractivity contribution is -0.118. The van der Waals surface area contributed by atoms with E-state index in [1.165, 1.54) is 6.92 Å². The molecule has 0 aromatic carbocycles. The molecule has 0 saturated carbocycles. The van der Waals surface area contributed by atoms with E-state index in [-0.39, 0.29) is 5.91 Å². The van der Waals surface area contributed by atoms with Crippen LogP contribution in [0.4, 0.5) is 0 Å². The van der Waals surface area contributed by atoms with E-state index in [2.05, 4.69) is 27.2 Å². The van der Waals surface area contributed by atoms with Crippen LogP contribution in [0.1, 0.15) is 12.6 Å². The number of hydrogen-bond acceptors (Lipinski definition) is 3. The summed E-state index contributed by atoms with van der Waals surface area (Å²) in [5.74, 6) is 5.63. The van der Waals surface area contributed by atoms with Crippen molar-refractivity contribution in [3.63, 3.8) is 0 Å². The molecule has 0 spiro atoms. The molecule has 0 radical (unpaired) electrons. The molecule has 0 atom stereocenters. The van der Waals surface area contributed by atoms with Crippen molar-refractivity contribution < 1.29 is 4.79 Å². The van der Waals surface area contributed by atoms with Crippen LogP contribution in [-0.2, 0) is 4.79 Å². The fourth-order valence-corrected chi connectivity index (χ4v) is 1.22. The number of carbonyl (C=O) groups is 1. The Labute approximate surface area is 92.5 Å². The van der Waals surface area contributed by atoms with E-state index < -0.39 is 0 Å². The van der Waals surface area contributed by atoms with Gasteiger partial charge in [0.2, 0.25) is 5.91 Å². The Balaban J connectivity index is 2.18. The predicted octanol–water partition coefficient (Wildman–Crippen LogP) is 0.217. The molecule has 2 heterocycles. The van der Waals surface area contributed by atoms with Crippen LogP contribution in [0.5, 0.6) is 0 Å². The summed E-state index contributed by atoms with van der Waals surface area (Å²) in [4.78, 5) is 14.8. The molecule has 5 nitrogen and oxygen atoms in total. The molecule has 1 N–H and O–H groups in total. The van der Waals surface area contributed by atoms with E-state index in [1.54, 1.807) is 16.9 Å². The number of aromatic nitrogens is 3. The maximum absolute atomic E-state index is 10.6. The summed E-state index contributed by atoms with van der Waals surface area (Å²) in [5.41, 5.74) is 1.47. The highest BCUT2D eigenvalue weighted by atomic mass is 16.1. The maximum Gasteiger partial charge on any atom is 0.217 e. The van der Waals surface area contributed by atoms with Crippen LogP contribution < -0.4 is 5.32 Å². The molecule has 2 aromatic rings. The van der Waals surface area contributed by atoms with E-state index in [9.17, 15) is 4.79 Å². The Hall–Kier alpha value is -2.35. The van der Waals surface area contributed by atoms with Gasteiger partial charge in [-0.1, -0.05) is 5.92 Å². The summed E-state index contributed by atoms with van der Waals surface area (Å²) in [6.45, 7) is 1.78. The quantitative estimate of drug-likeness (QED) is 0.691. The fourth-order valence-electron chi connectivity index (χ4n) is 1.22. The zero-order chi connectivity index (χ0) is 11.4. The van der Waals surface area contributed by atoms with E-state index in [1.807, 2.05) is 12.1 Å². The van der Waals surface area contributed by atoms with Gasteiger partial charge in [-0.2, -0.15) is 5.10 Å². The average molecular weight is 214 g/mol. The van der Waals surface area contributed by atoms with Gasteiger partial charge in [0, 0.05) is 13.1 Å². The van der Waals surface area contributed by atoms with Gasteiger partial charge in [0.1, 0.15) is 5.69 Å². The molecule has 0 unspecified atom stereocenters. The van der Waals surface area contributed by atoms with Gasteiger partial charge in [0.15, 0.2) is 5.65 Å².